The zero-order valence-corrected chi connectivity index (χ0v) is 16.7. The first kappa shape index (κ1) is 20.8. The third kappa shape index (κ3) is 4.92. The van der Waals surface area contributed by atoms with Crippen molar-refractivity contribution in [2.75, 3.05) is 13.1 Å². The topological polar surface area (TPSA) is 73.8 Å². The fourth-order valence-electron chi connectivity index (χ4n) is 3.12. The second-order valence-corrected chi connectivity index (χ2v) is 7.02. The van der Waals surface area contributed by atoms with Crippen molar-refractivity contribution in [2.24, 2.45) is 5.10 Å². The summed E-state index contributed by atoms with van der Waals surface area (Å²) in [6.45, 7) is 2.19. The monoisotopic (exact) mass is 416 g/mol. The molecule has 0 aromatic heterocycles. The van der Waals surface area contributed by atoms with Gasteiger partial charge in [-0.1, -0.05) is 54.9 Å². The Morgan fingerprint density at radius 1 is 1.17 bits per heavy atom. The Labute approximate surface area is 173 Å². The molecule has 0 radical (unpaired) electrons. The average molecular weight is 417 g/mol. The highest BCUT2D eigenvalue weighted by molar-refractivity contribution is 6.34. The van der Waals surface area contributed by atoms with Gasteiger partial charge in [-0.15, -0.1) is 0 Å². The van der Waals surface area contributed by atoms with Gasteiger partial charge in [0.2, 0.25) is 0 Å². The Hall–Kier alpha value is -2.93. The lowest BCUT2D eigenvalue weighted by atomic mass is 9.98. The Bertz CT molecular complexity index is 934. The quantitative estimate of drug-likeness (QED) is 0.750. The Kier molecular flexibility index (Phi) is 6.82. The van der Waals surface area contributed by atoms with E-state index in [4.69, 9.17) is 11.6 Å². The van der Waals surface area contributed by atoms with Gasteiger partial charge < -0.3 is 10.6 Å². The van der Waals surface area contributed by atoms with Crippen LogP contribution in [0.5, 0.6) is 0 Å². The van der Waals surface area contributed by atoms with Crippen LogP contribution in [-0.4, -0.2) is 35.7 Å². The van der Waals surface area contributed by atoms with Crippen molar-refractivity contribution in [1.29, 1.82) is 0 Å². The van der Waals surface area contributed by atoms with Crippen LogP contribution in [0.25, 0.3) is 0 Å². The molecule has 1 aliphatic rings. The molecule has 6 nitrogen and oxygen atoms in total. The van der Waals surface area contributed by atoms with E-state index >= 15 is 0 Å². The standard InChI is InChI=1S/C21H22ClFN4O2/c1-2-11-24-21(29)25-13-20(28)27-19(15-8-4-6-10-17(15)23)12-18(26-27)14-7-3-5-9-16(14)22/h3-10,19H,2,11-13H2,1H3,(H2,24,25,29)/t19-/m0/s1. The van der Waals surface area contributed by atoms with Crippen LogP contribution in [0, 0.1) is 5.82 Å². The highest BCUT2D eigenvalue weighted by Crippen LogP contribution is 2.35. The van der Waals surface area contributed by atoms with Crippen molar-refractivity contribution < 1.29 is 14.0 Å². The van der Waals surface area contributed by atoms with Gasteiger partial charge in [0.1, 0.15) is 12.4 Å². The molecular weight excluding hydrogens is 395 g/mol. The van der Waals surface area contributed by atoms with Gasteiger partial charge in [0.15, 0.2) is 0 Å². The van der Waals surface area contributed by atoms with Crippen LogP contribution in [0.1, 0.15) is 36.9 Å². The van der Waals surface area contributed by atoms with E-state index < -0.39 is 23.8 Å². The minimum atomic E-state index is -0.615. The molecule has 0 saturated heterocycles. The number of rotatable bonds is 6. The van der Waals surface area contributed by atoms with Gasteiger partial charge >= 0.3 is 6.03 Å². The number of urea groups is 1. The summed E-state index contributed by atoms with van der Waals surface area (Å²) in [7, 11) is 0. The van der Waals surface area contributed by atoms with E-state index in [1.54, 1.807) is 30.3 Å². The maximum absolute atomic E-state index is 14.4. The summed E-state index contributed by atoms with van der Waals surface area (Å²) >= 11 is 6.28. The number of amides is 3. The lowest BCUT2D eigenvalue weighted by Crippen LogP contribution is -2.42. The van der Waals surface area contributed by atoms with E-state index in [0.29, 0.717) is 34.8 Å². The van der Waals surface area contributed by atoms with Crippen molar-refractivity contribution in [3.05, 3.63) is 70.5 Å². The van der Waals surface area contributed by atoms with E-state index in [0.717, 1.165) is 6.42 Å². The molecule has 0 aliphatic carbocycles. The smallest absolute Gasteiger partial charge is 0.315 e. The lowest BCUT2D eigenvalue weighted by Gasteiger charge is -2.22. The van der Waals surface area contributed by atoms with Crippen molar-refractivity contribution >= 4 is 29.3 Å². The van der Waals surface area contributed by atoms with E-state index in [2.05, 4.69) is 15.7 Å². The molecule has 0 unspecified atom stereocenters. The van der Waals surface area contributed by atoms with Crippen LogP contribution >= 0.6 is 11.6 Å². The van der Waals surface area contributed by atoms with Gasteiger partial charge in [-0.05, 0) is 18.6 Å². The van der Waals surface area contributed by atoms with E-state index in [1.807, 2.05) is 19.1 Å². The highest BCUT2D eigenvalue weighted by Gasteiger charge is 2.35. The number of benzene rings is 2. The Morgan fingerprint density at radius 2 is 1.90 bits per heavy atom. The van der Waals surface area contributed by atoms with Gasteiger partial charge in [-0.3, -0.25) is 4.79 Å². The summed E-state index contributed by atoms with van der Waals surface area (Å²) in [6.07, 6.45) is 1.10. The second kappa shape index (κ2) is 9.52. The molecule has 2 N–H and O–H groups in total. The number of nitrogens with zero attached hydrogens (tertiary/aromatic N) is 2. The van der Waals surface area contributed by atoms with Crippen LogP contribution in [0.15, 0.2) is 53.6 Å². The van der Waals surface area contributed by atoms with Crippen LogP contribution in [-0.2, 0) is 4.79 Å². The third-order valence-electron chi connectivity index (χ3n) is 4.55. The molecule has 8 heteroatoms. The van der Waals surface area contributed by atoms with Gasteiger partial charge in [-0.25, -0.2) is 14.2 Å². The molecule has 1 aliphatic heterocycles. The molecule has 29 heavy (non-hydrogen) atoms. The first-order valence-corrected chi connectivity index (χ1v) is 9.79. The third-order valence-corrected chi connectivity index (χ3v) is 4.88. The van der Waals surface area contributed by atoms with Crippen LogP contribution in [0.3, 0.4) is 0 Å². The summed E-state index contributed by atoms with van der Waals surface area (Å²) in [5, 5.41) is 11.3. The summed E-state index contributed by atoms with van der Waals surface area (Å²) in [4.78, 5) is 24.6. The molecule has 1 heterocycles. The number of nitrogens with one attached hydrogen (secondary N) is 2. The minimum Gasteiger partial charge on any atom is -0.338 e. The summed E-state index contributed by atoms with van der Waals surface area (Å²) in [5.74, 6) is -0.855. The second-order valence-electron chi connectivity index (χ2n) is 6.62. The molecule has 3 amide bonds. The Balaban J connectivity index is 1.84. The van der Waals surface area contributed by atoms with Crippen molar-refractivity contribution in [1.82, 2.24) is 15.6 Å². The maximum Gasteiger partial charge on any atom is 0.315 e. The minimum absolute atomic E-state index is 0.250. The summed E-state index contributed by atoms with van der Waals surface area (Å²) in [6, 6.07) is 12.4. The first-order valence-electron chi connectivity index (χ1n) is 9.41. The number of carbonyl (C=O) groups excluding carboxylic acids is 2. The highest BCUT2D eigenvalue weighted by atomic mass is 35.5. The largest absolute Gasteiger partial charge is 0.338 e. The average Bonchev–Trinajstić information content (AvgIpc) is 3.16. The molecule has 2 aromatic rings. The molecule has 2 aromatic carbocycles. The summed E-state index contributed by atoms with van der Waals surface area (Å²) in [5.41, 5.74) is 1.65. The van der Waals surface area contributed by atoms with Gasteiger partial charge in [-0.2, -0.15) is 5.10 Å². The Morgan fingerprint density at radius 3 is 2.62 bits per heavy atom. The number of hydrogen-bond donors (Lipinski definition) is 2. The van der Waals surface area contributed by atoms with Crippen LogP contribution in [0.2, 0.25) is 5.02 Å². The molecule has 0 saturated carbocycles. The molecule has 3 rings (SSSR count). The lowest BCUT2D eigenvalue weighted by molar-refractivity contribution is -0.131. The molecule has 1 atom stereocenters. The number of hydrazone groups is 1. The van der Waals surface area contributed by atoms with Crippen LogP contribution < -0.4 is 10.6 Å². The predicted octanol–water partition coefficient (Wildman–Crippen LogP) is 3.87. The van der Waals surface area contributed by atoms with Gasteiger partial charge in [0.25, 0.3) is 5.91 Å². The molecule has 0 bridgehead atoms. The number of hydrogen-bond acceptors (Lipinski definition) is 3. The predicted molar refractivity (Wildman–Crippen MR) is 110 cm³/mol. The molecule has 152 valence electrons. The summed E-state index contributed by atoms with van der Waals surface area (Å²) < 4.78 is 14.4. The van der Waals surface area contributed by atoms with Crippen LogP contribution in [0.4, 0.5) is 9.18 Å². The number of carbonyl (C=O) groups is 2. The fourth-order valence-corrected chi connectivity index (χ4v) is 3.37. The maximum atomic E-state index is 14.4. The van der Waals surface area contributed by atoms with E-state index in [1.165, 1.54) is 11.1 Å². The van der Waals surface area contributed by atoms with Gasteiger partial charge in [0, 0.05) is 29.1 Å². The molecule has 0 spiro atoms. The van der Waals surface area contributed by atoms with E-state index in [9.17, 15) is 14.0 Å². The number of halogens is 2. The normalized spacial score (nSPS) is 15.8. The SMILES string of the molecule is CCCNC(=O)NCC(=O)N1N=C(c2ccccc2Cl)C[C@H]1c1ccccc1F. The van der Waals surface area contributed by atoms with Crippen molar-refractivity contribution in [3.63, 3.8) is 0 Å². The first-order chi connectivity index (χ1) is 14.0. The zero-order valence-electron chi connectivity index (χ0n) is 16.0. The van der Waals surface area contributed by atoms with Crippen molar-refractivity contribution in [3.8, 4) is 0 Å². The molecular formula is C21H22ClFN4O2. The van der Waals surface area contributed by atoms with Crippen molar-refractivity contribution in [2.45, 2.75) is 25.8 Å². The molecule has 0 fully saturated rings. The zero-order chi connectivity index (χ0) is 20.8. The fraction of sp³-hybridized carbons (Fsp3) is 0.286. The van der Waals surface area contributed by atoms with E-state index in [-0.39, 0.29) is 6.54 Å². The van der Waals surface area contributed by atoms with Gasteiger partial charge in [0.05, 0.1) is 11.8 Å².